The molecule has 1 aromatic heterocycles. The van der Waals surface area contributed by atoms with Gasteiger partial charge in [0.15, 0.2) is 5.82 Å². The van der Waals surface area contributed by atoms with Gasteiger partial charge in [-0.05, 0) is 53.7 Å². The van der Waals surface area contributed by atoms with E-state index in [1.807, 2.05) is 55.5 Å². The second kappa shape index (κ2) is 13.0. The number of nitrogens with zero attached hydrogens (tertiary/aromatic N) is 4. The summed E-state index contributed by atoms with van der Waals surface area (Å²) in [6.45, 7) is 14.4. The highest BCUT2D eigenvalue weighted by Crippen LogP contribution is 2.14. The van der Waals surface area contributed by atoms with E-state index in [4.69, 9.17) is 0 Å². The fourth-order valence-electron chi connectivity index (χ4n) is 3.03. The Hall–Kier alpha value is -3.54. The highest BCUT2D eigenvalue weighted by atomic mass is 16.1. The van der Waals surface area contributed by atoms with Gasteiger partial charge in [0, 0.05) is 6.08 Å². The van der Waals surface area contributed by atoms with Crippen molar-refractivity contribution in [2.75, 3.05) is 0 Å². The standard InChI is InChI=1S/C26H33N5O/c1-6-7-8-10-13-21(4)26-28-30-31(29-26)19-22(5)24(18-20(2)3)27-25(32)17-16-23-14-11-9-12-15-23/h6-9,11-17,20,24H,1,5,10,18-19H2,2-4H3,(H,27,32)/b8-7?,17-16+,21-13+/t24-/m0/s1. The Morgan fingerprint density at radius 2 is 2.00 bits per heavy atom. The highest BCUT2D eigenvalue weighted by Gasteiger charge is 2.18. The van der Waals surface area contributed by atoms with Crippen LogP contribution in [0.3, 0.4) is 0 Å². The van der Waals surface area contributed by atoms with Crippen molar-refractivity contribution in [1.82, 2.24) is 25.5 Å². The highest BCUT2D eigenvalue weighted by molar-refractivity contribution is 5.92. The zero-order valence-corrected chi connectivity index (χ0v) is 19.2. The second-order valence-electron chi connectivity index (χ2n) is 8.02. The van der Waals surface area contributed by atoms with Crippen LogP contribution in [-0.2, 0) is 11.3 Å². The zero-order valence-electron chi connectivity index (χ0n) is 19.2. The molecule has 1 atom stereocenters. The van der Waals surface area contributed by atoms with Gasteiger partial charge >= 0.3 is 0 Å². The van der Waals surface area contributed by atoms with Crippen molar-refractivity contribution in [1.29, 1.82) is 0 Å². The topological polar surface area (TPSA) is 72.7 Å². The van der Waals surface area contributed by atoms with Gasteiger partial charge in [0.1, 0.15) is 0 Å². The largest absolute Gasteiger partial charge is 0.346 e. The van der Waals surface area contributed by atoms with Crippen LogP contribution in [-0.4, -0.2) is 32.2 Å². The van der Waals surface area contributed by atoms with Crippen molar-refractivity contribution in [2.24, 2.45) is 5.92 Å². The lowest BCUT2D eigenvalue weighted by Crippen LogP contribution is -2.37. The molecule has 1 aromatic carbocycles. The van der Waals surface area contributed by atoms with Gasteiger partial charge in [-0.25, -0.2) is 0 Å². The predicted octanol–water partition coefficient (Wildman–Crippen LogP) is 5.01. The van der Waals surface area contributed by atoms with Crippen LogP contribution in [0.2, 0.25) is 0 Å². The molecule has 6 heteroatoms. The maximum absolute atomic E-state index is 12.5. The quantitative estimate of drug-likeness (QED) is 0.291. The van der Waals surface area contributed by atoms with Crippen LogP contribution in [0.5, 0.6) is 0 Å². The van der Waals surface area contributed by atoms with E-state index in [1.165, 1.54) is 4.80 Å². The maximum Gasteiger partial charge on any atom is 0.244 e. The van der Waals surface area contributed by atoms with Gasteiger partial charge in [-0.2, -0.15) is 4.80 Å². The minimum atomic E-state index is -0.182. The van der Waals surface area contributed by atoms with Gasteiger partial charge in [0.05, 0.1) is 12.6 Å². The molecule has 1 N–H and O–H groups in total. The molecular formula is C26H33N5O. The molecule has 0 radical (unpaired) electrons. The average molecular weight is 432 g/mol. The number of hydrogen-bond donors (Lipinski definition) is 1. The molecule has 1 amide bonds. The van der Waals surface area contributed by atoms with E-state index in [0.29, 0.717) is 18.3 Å². The average Bonchev–Trinajstić information content (AvgIpc) is 3.23. The first kappa shape index (κ1) is 24.7. The maximum atomic E-state index is 12.5. The van der Waals surface area contributed by atoms with Crippen LogP contribution < -0.4 is 5.32 Å². The Morgan fingerprint density at radius 3 is 2.69 bits per heavy atom. The van der Waals surface area contributed by atoms with Crippen molar-refractivity contribution in [2.45, 2.75) is 46.2 Å². The fraction of sp³-hybridized carbons (Fsp3) is 0.308. The number of amides is 1. The van der Waals surface area contributed by atoms with Crippen molar-refractivity contribution in [3.8, 4) is 0 Å². The first-order chi connectivity index (χ1) is 15.4. The van der Waals surface area contributed by atoms with Gasteiger partial charge in [0.25, 0.3) is 0 Å². The Bertz CT molecular complexity index is 983. The summed E-state index contributed by atoms with van der Waals surface area (Å²) in [7, 11) is 0. The normalized spacial score (nSPS) is 13.1. The number of benzene rings is 1. The van der Waals surface area contributed by atoms with Gasteiger partial charge in [-0.3, -0.25) is 4.79 Å². The molecule has 0 aliphatic carbocycles. The van der Waals surface area contributed by atoms with Crippen LogP contribution in [0.4, 0.5) is 0 Å². The molecule has 0 spiro atoms. The van der Waals surface area contributed by atoms with Crippen LogP contribution in [0, 0.1) is 5.92 Å². The van der Waals surface area contributed by atoms with Gasteiger partial charge in [-0.1, -0.05) is 81.6 Å². The van der Waals surface area contributed by atoms with Crippen molar-refractivity contribution < 1.29 is 4.79 Å². The molecule has 0 saturated heterocycles. The number of carbonyl (C=O) groups excluding carboxylic acids is 1. The summed E-state index contributed by atoms with van der Waals surface area (Å²) in [5, 5.41) is 15.8. The molecule has 2 aromatic rings. The lowest BCUT2D eigenvalue weighted by Gasteiger charge is -2.22. The summed E-state index contributed by atoms with van der Waals surface area (Å²) in [5.41, 5.74) is 2.76. The van der Waals surface area contributed by atoms with Gasteiger partial charge < -0.3 is 5.32 Å². The number of hydrogen-bond acceptors (Lipinski definition) is 4. The Morgan fingerprint density at radius 1 is 1.25 bits per heavy atom. The van der Waals surface area contributed by atoms with Gasteiger partial charge in [-0.15, -0.1) is 10.2 Å². The van der Waals surface area contributed by atoms with Crippen LogP contribution in [0.15, 0.2) is 79.4 Å². The molecule has 0 saturated carbocycles. The minimum Gasteiger partial charge on any atom is -0.346 e. The smallest absolute Gasteiger partial charge is 0.244 e. The lowest BCUT2D eigenvalue weighted by molar-refractivity contribution is -0.117. The Kier molecular flexibility index (Phi) is 10.0. The van der Waals surface area contributed by atoms with Crippen molar-refractivity contribution >= 4 is 17.6 Å². The third-order valence-electron chi connectivity index (χ3n) is 4.73. The third kappa shape index (κ3) is 8.68. The number of nitrogens with one attached hydrogen (secondary N) is 1. The van der Waals surface area contributed by atoms with Crippen molar-refractivity contribution in [3.05, 3.63) is 90.8 Å². The molecule has 0 aliphatic rings. The molecular weight excluding hydrogens is 398 g/mol. The first-order valence-corrected chi connectivity index (χ1v) is 10.8. The summed E-state index contributed by atoms with van der Waals surface area (Å²) >= 11 is 0. The minimum absolute atomic E-state index is 0.153. The molecule has 1 heterocycles. The second-order valence-corrected chi connectivity index (χ2v) is 8.02. The molecule has 168 valence electrons. The predicted molar refractivity (Wildman–Crippen MR) is 131 cm³/mol. The van der Waals surface area contributed by atoms with E-state index >= 15 is 0 Å². The SMILES string of the molecule is C=CC=CC/C=C(\C)c1nnn(CC(=C)[C@H](CC(C)C)NC(=O)/C=C/c2ccccc2)n1. The third-order valence-corrected chi connectivity index (χ3v) is 4.73. The molecule has 32 heavy (non-hydrogen) atoms. The van der Waals surface area contributed by atoms with Crippen LogP contribution in [0.1, 0.15) is 45.0 Å². The molecule has 0 bridgehead atoms. The molecule has 0 aliphatic heterocycles. The molecule has 2 rings (SSSR count). The number of aromatic nitrogens is 4. The summed E-state index contributed by atoms with van der Waals surface area (Å²) in [5.74, 6) is 0.822. The summed E-state index contributed by atoms with van der Waals surface area (Å²) in [6, 6.07) is 9.55. The van der Waals surface area contributed by atoms with E-state index in [1.54, 1.807) is 18.2 Å². The van der Waals surface area contributed by atoms with E-state index in [2.05, 4.69) is 47.7 Å². The van der Waals surface area contributed by atoms with E-state index in [0.717, 1.165) is 29.6 Å². The number of carbonyl (C=O) groups is 1. The number of allylic oxidation sites excluding steroid dienone is 5. The van der Waals surface area contributed by atoms with E-state index < -0.39 is 0 Å². The van der Waals surface area contributed by atoms with Crippen LogP contribution >= 0.6 is 0 Å². The fourth-order valence-corrected chi connectivity index (χ4v) is 3.03. The molecule has 0 unspecified atom stereocenters. The van der Waals surface area contributed by atoms with Crippen LogP contribution in [0.25, 0.3) is 11.6 Å². The lowest BCUT2D eigenvalue weighted by atomic mass is 9.97. The Labute approximate surface area is 191 Å². The number of tetrazole rings is 1. The summed E-state index contributed by atoms with van der Waals surface area (Å²) < 4.78 is 0. The van der Waals surface area contributed by atoms with Gasteiger partial charge in [0.2, 0.25) is 5.91 Å². The van der Waals surface area contributed by atoms with Crippen molar-refractivity contribution in [3.63, 3.8) is 0 Å². The summed E-state index contributed by atoms with van der Waals surface area (Å²) in [6.07, 6.45) is 12.6. The molecule has 0 fully saturated rings. The van der Waals surface area contributed by atoms with E-state index in [9.17, 15) is 4.79 Å². The number of rotatable bonds is 12. The first-order valence-electron chi connectivity index (χ1n) is 10.8. The Balaban J connectivity index is 2.01. The zero-order chi connectivity index (χ0) is 23.3. The van der Waals surface area contributed by atoms with E-state index in [-0.39, 0.29) is 11.9 Å². The molecule has 6 nitrogen and oxygen atoms in total. The monoisotopic (exact) mass is 431 g/mol. The summed E-state index contributed by atoms with van der Waals surface area (Å²) in [4.78, 5) is 14.0.